The topological polar surface area (TPSA) is 4.93 Å². The van der Waals surface area contributed by atoms with Crippen molar-refractivity contribution in [3.63, 3.8) is 0 Å². The molecule has 5 aromatic carbocycles. The maximum atomic E-state index is 2.49. The highest BCUT2D eigenvalue weighted by atomic mass is 15.0. The maximum Gasteiger partial charge on any atom is 0.0547 e. The number of para-hydroxylation sites is 2. The lowest BCUT2D eigenvalue weighted by Gasteiger charge is -2.22. The summed E-state index contributed by atoms with van der Waals surface area (Å²) >= 11 is 0. The van der Waals surface area contributed by atoms with E-state index in [1.165, 1.54) is 72.0 Å². The fraction of sp³-hybridized carbons (Fsp3) is 0.118. The fourth-order valence-corrected chi connectivity index (χ4v) is 6.68. The number of aromatic nitrogens is 1. The van der Waals surface area contributed by atoms with Crippen molar-refractivity contribution < 1.29 is 0 Å². The van der Waals surface area contributed by atoms with Gasteiger partial charge in [0.25, 0.3) is 0 Å². The van der Waals surface area contributed by atoms with Crippen LogP contribution in [-0.2, 0) is 11.8 Å². The van der Waals surface area contributed by atoms with E-state index < -0.39 is 0 Å². The van der Waals surface area contributed by atoms with Crippen LogP contribution in [0.25, 0.3) is 49.7 Å². The summed E-state index contributed by atoms with van der Waals surface area (Å²) in [6, 6.07) is 38.4. The Hall–Kier alpha value is -4.10. The summed E-state index contributed by atoms with van der Waals surface area (Å²) in [6.45, 7) is 4.79. The molecule has 0 unspecified atom stereocenters. The molecule has 0 bridgehead atoms. The third-order valence-electron chi connectivity index (χ3n) is 8.39. The molecule has 8 rings (SSSR count). The van der Waals surface area contributed by atoms with Crippen molar-refractivity contribution in [3.05, 3.63) is 125 Å². The second kappa shape index (κ2) is 6.52. The van der Waals surface area contributed by atoms with Crippen molar-refractivity contribution in [2.24, 2.45) is 0 Å². The van der Waals surface area contributed by atoms with Crippen LogP contribution in [0.3, 0.4) is 0 Å². The molecule has 0 spiro atoms. The molecule has 0 fully saturated rings. The Morgan fingerprint density at radius 2 is 1.26 bits per heavy atom. The van der Waals surface area contributed by atoms with Gasteiger partial charge in [-0.05, 0) is 93.4 Å². The van der Waals surface area contributed by atoms with Gasteiger partial charge in [-0.2, -0.15) is 0 Å². The van der Waals surface area contributed by atoms with Gasteiger partial charge in [-0.1, -0.05) is 74.5 Å². The molecule has 0 amide bonds. The van der Waals surface area contributed by atoms with Gasteiger partial charge in [0.15, 0.2) is 0 Å². The minimum absolute atomic E-state index is 0.0403. The minimum Gasteiger partial charge on any atom is -0.309 e. The van der Waals surface area contributed by atoms with Crippen LogP contribution < -0.4 is 0 Å². The van der Waals surface area contributed by atoms with Gasteiger partial charge in [-0.3, -0.25) is 0 Å². The predicted octanol–water partition coefficient (Wildman–Crippen LogP) is 8.66. The molecule has 166 valence electrons. The second-order valence-corrected chi connectivity index (χ2v) is 10.6. The minimum atomic E-state index is -0.0403. The van der Waals surface area contributed by atoms with Gasteiger partial charge in [-0.15, -0.1) is 0 Å². The molecule has 0 aliphatic heterocycles. The predicted molar refractivity (Wildman–Crippen MR) is 147 cm³/mol. The van der Waals surface area contributed by atoms with Crippen LogP contribution in [0, 0.1) is 0 Å². The molecule has 0 radical (unpaired) electrons. The maximum absolute atomic E-state index is 2.49. The molecule has 1 nitrogen and oxygen atoms in total. The summed E-state index contributed by atoms with van der Waals surface area (Å²) < 4.78 is 2.43. The Morgan fingerprint density at radius 1 is 0.543 bits per heavy atom. The molecule has 0 saturated heterocycles. The summed E-state index contributed by atoms with van der Waals surface area (Å²) in [7, 11) is 0. The van der Waals surface area contributed by atoms with E-state index in [9.17, 15) is 0 Å². The van der Waals surface area contributed by atoms with Gasteiger partial charge in [0.1, 0.15) is 0 Å². The van der Waals surface area contributed by atoms with Crippen molar-refractivity contribution in [1.82, 2.24) is 4.57 Å². The van der Waals surface area contributed by atoms with Gasteiger partial charge < -0.3 is 4.57 Å². The number of benzene rings is 5. The summed E-state index contributed by atoms with van der Waals surface area (Å²) in [5.74, 6) is 0. The summed E-state index contributed by atoms with van der Waals surface area (Å²) in [4.78, 5) is 0. The largest absolute Gasteiger partial charge is 0.309 e. The lowest BCUT2D eigenvalue weighted by molar-refractivity contribution is 0.661. The first-order valence-electron chi connectivity index (χ1n) is 12.5. The van der Waals surface area contributed by atoms with E-state index in [2.05, 4.69) is 122 Å². The molecule has 1 heteroatoms. The Morgan fingerprint density at radius 3 is 2.14 bits per heavy atom. The molecule has 1 heterocycles. The number of rotatable bonds is 1. The standard InChI is InChI=1S/C34H25N/c1-34(2)30-18-26-22(16-21-10-6-7-13-24(21)26)17-27(30)28-20-33-29(19-31(28)34)25-14-8-9-15-32(25)35(33)23-11-4-3-5-12-23/h3-15,17-20H,16H2,1-2H3. The number of hydrogen-bond donors (Lipinski definition) is 0. The number of fused-ring (bicyclic) bond motifs is 9. The van der Waals surface area contributed by atoms with Gasteiger partial charge in [0.2, 0.25) is 0 Å². The van der Waals surface area contributed by atoms with Gasteiger partial charge >= 0.3 is 0 Å². The van der Waals surface area contributed by atoms with Crippen molar-refractivity contribution in [1.29, 1.82) is 0 Å². The van der Waals surface area contributed by atoms with Gasteiger partial charge in [0.05, 0.1) is 11.0 Å². The Balaban J connectivity index is 1.45. The molecule has 2 aliphatic carbocycles. The van der Waals surface area contributed by atoms with Crippen molar-refractivity contribution in [3.8, 4) is 27.9 Å². The highest BCUT2D eigenvalue weighted by Crippen LogP contribution is 2.53. The fourth-order valence-electron chi connectivity index (χ4n) is 6.68. The molecular formula is C34H25N. The van der Waals surface area contributed by atoms with Crippen LogP contribution in [0.1, 0.15) is 36.1 Å². The van der Waals surface area contributed by atoms with Crippen molar-refractivity contribution in [2.75, 3.05) is 0 Å². The molecule has 0 N–H and O–H groups in total. The first kappa shape index (κ1) is 19.2. The first-order chi connectivity index (χ1) is 17.1. The van der Waals surface area contributed by atoms with E-state index in [0.717, 1.165) is 6.42 Å². The SMILES string of the molecule is CC1(C)c2cc3c(cc2-c2cc4c(cc21)c1ccccc1n4-c1ccccc1)Cc1ccccc1-3. The smallest absolute Gasteiger partial charge is 0.0547 e. The average Bonchev–Trinajstić information content (AvgIpc) is 3.48. The van der Waals surface area contributed by atoms with Crippen LogP contribution in [0.15, 0.2) is 103 Å². The number of nitrogens with zero attached hydrogens (tertiary/aromatic N) is 1. The van der Waals surface area contributed by atoms with Crippen LogP contribution in [0.4, 0.5) is 0 Å². The summed E-state index contributed by atoms with van der Waals surface area (Å²) in [6.07, 6.45) is 1.03. The van der Waals surface area contributed by atoms with Crippen molar-refractivity contribution in [2.45, 2.75) is 25.7 Å². The quantitative estimate of drug-likeness (QED) is 0.237. The zero-order chi connectivity index (χ0) is 23.3. The third kappa shape index (κ3) is 2.43. The van der Waals surface area contributed by atoms with E-state index in [4.69, 9.17) is 0 Å². The molecular weight excluding hydrogens is 422 g/mol. The molecule has 0 saturated carbocycles. The molecule has 2 aliphatic rings. The van der Waals surface area contributed by atoms with E-state index in [1.807, 2.05) is 0 Å². The van der Waals surface area contributed by atoms with Crippen LogP contribution in [0.5, 0.6) is 0 Å². The monoisotopic (exact) mass is 447 g/mol. The first-order valence-corrected chi connectivity index (χ1v) is 12.5. The third-order valence-corrected chi connectivity index (χ3v) is 8.39. The van der Waals surface area contributed by atoms with E-state index >= 15 is 0 Å². The average molecular weight is 448 g/mol. The van der Waals surface area contributed by atoms with Crippen molar-refractivity contribution >= 4 is 21.8 Å². The van der Waals surface area contributed by atoms with E-state index in [0.29, 0.717) is 0 Å². The van der Waals surface area contributed by atoms with Crippen LogP contribution in [-0.4, -0.2) is 4.57 Å². The Kier molecular flexibility index (Phi) is 3.58. The highest BCUT2D eigenvalue weighted by Gasteiger charge is 2.38. The Labute approximate surface area is 205 Å². The zero-order valence-corrected chi connectivity index (χ0v) is 20.0. The van der Waals surface area contributed by atoms with Gasteiger partial charge in [-0.25, -0.2) is 0 Å². The summed E-state index contributed by atoms with van der Waals surface area (Å²) in [5.41, 5.74) is 15.1. The number of hydrogen-bond acceptors (Lipinski definition) is 0. The molecule has 6 aromatic rings. The second-order valence-electron chi connectivity index (χ2n) is 10.6. The Bertz CT molecular complexity index is 1830. The van der Waals surface area contributed by atoms with Crippen LogP contribution >= 0.6 is 0 Å². The highest BCUT2D eigenvalue weighted by molar-refractivity contribution is 6.11. The van der Waals surface area contributed by atoms with Crippen LogP contribution in [0.2, 0.25) is 0 Å². The zero-order valence-electron chi connectivity index (χ0n) is 20.0. The molecule has 1 aromatic heterocycles. The molecule has 35 heavy (non-hydrogen) atoms. The lowest BCUT2D eigenvalue weighted by Crippen LogP contribution is -2.15. The van der Waals surface area contributed by atoms with E-state index in [-0.39, 0.29) is 5.41 Å². The van der Waals surface area contributed by atoms with Gasteiger partial charge in [0, 0.05) is 21.9 Å². The summed E-state index contributed by atoms with van der Waals surface area (Å²) in [5, 5.41) is 2.65. The normalized spacial score (nSPS) is 14.7. The molecule has 0 atom stereocenters. The lowest BCUT2D eigenvalue weighted by atomic mass is 9.81. The van der Waals surface area contributed by atoms with E-state index in [1.54, 1.807) is 0 Å².